The van der Waals surface area contributed by atoms with Crippen LogP contribution >= 0.6 is 23.1 Å². The fraction of sp³-hybridized carbons (Fsp3) is 0.500. The van der Waals surface area contributed by atoms with Crippen molar-refractivity contribution >= 4 is 45.9 Å². The molecule has 5 heterocycles. The van der Waals surface area contributed by atoms with Crippen LogP contribution in [0.2, 0.25) is 0 Å². The number of hydrogen-bond acceptors (Lipinski definition) is 8. The maximum absolute atomic E-state index is 13.1. The minimum atomic E-state index is -0.823. The van der Waals surface area contributed by atoms with Gasteiger partial charge in [-0.25, -0.2) is 14.2 Å². The first-order chi connectivity index (χ1) is 19.1. The number of β-lactam (4-membered cyclic amide) rings is 1. The monoisotopic (exact) mass is 587 g/mol. The van der Waals surface area contributed by atoms with Gasteiger partial charge in [-0.05, 0) is 13.3 Å². The number of fused-ring (bicyclic) bond motifs is 2. The van der Waals surface area contributed by atoms with Crippen molar-refractivity contribution in [1.82, 2.24) is 14.2 Å². The van der Waals surface area contributed by atoms with E-state index in [4.69, 9.17) is 9.47 Å². The molecule has 2 aromatic rings. The minimum absolute atomic E-state index is 0.0246. The average molecular weight is 588 g/mol. The van der Waals surface area contributed by atoms with Gasteiger partial charge in [-0.15, -0.1) is 11.8 Å². The van der Waals surface area contributed by atoms with Crippen LogP contribution in [0, 0.1) is 11.8 Å². The highest BCUT2D eigenvalue weighted by Gasteiger charge is 2.60. The zero-order chi connectivity index (χ0) is 28.7. The molecule has 3 aliphatic heterocycles. The van der Waals surface area contributed by atoms with Crippen molar-refractivity contribution in [2.75, 3.05) is 19.8 Å². The quantitative estimate of drug-likeness (QED) is 0.197. The SMILES string of the molecule is C=CCOC(=O)C1=C(S[C@H]2C[C@@H](Cc3cn4c[n+](C)cc4s3)N(C(=O)OCC=C)C2)[C@H](C)[C@@H]2[C@@H]([C@@H](C)O)C(=O)N12. The highest BCUT2D eigenvalue weighted by molar-refractivity contribution is 8.03. The Labute approximate surface area is 241 Å². The van der Waals surface area contributed by atoms with Crippen molar-refractivity contribution < 1.29 is 33.5 Å². The number of hydrogen-bond donors (Lipinski definition) is 1. The van der Waals surface area contributed by atoms with Crippen LogP contribution in [0.5, 0.6) is 0 Å². The lowest BCUT2D eigenvalue weighted by Crippen LogP contribution is -2.63. The fourth-order valence-electron chi connectivity index (χ4n) is 5.99. The second-order valence-corrected chi connectivity index (χ2v) is 13.0. The molecule has 0 bridgehead atoms. The number of carbonyl (C=O) groups excluding carboxylic acids is 3. The van der Waals surface area contributed by atoms with Crippen molar-refractivity contribution in [3.63, 3.8) is 0 Å². The highest BCUT2D eigenvalue weighted by atomic mass is 32.2. The molecular weight excluding hydrogens is 552 g/mol. The first-order valence-electron chi connectivity index (χ1n) is 13.3. The smallest absolute Gasteiger partial charge is 0.410 e. The van der Waals surface area contributed by atoms with Crippen molar-refractivity contribution in [2.45, 2.75) is 50.1 Å². The van der Waals surface area contributed by atoms with Crippen LogP contribution in [-0.4, -0.2) is 80.5 Å². The van der Waals surface area contributed by atoms with Crippen molar-refractivity contribution in [2.24, 2.45) is 18.9 Å². The number of aryl methyl sites for hydroxylation is 1. The van der Waals surface area contributed by atoms with Gasteiger partial charge in [0.2, 0.25) is 17.1 Å². The number of aliphatic hydroxyl groups excluding tert-OH is 1. The number of thioether (sulfide) groups is 1. The Bertz CT molecular complexity index is 1350. The van der Waals surface area contributed by atoms with E-state index >= 15 is 0 Å². The predicted molar refractivity (Wildman–Crippen MR) is 151 cm³/mol. The molecule has 5 rings (SSSR count). The van der Waals surface area contributed by atoms with Gasteiger partial charge in [0, 0.05) is 35.1 Å². The summed E-state index contributed by atoms with van der Waals surface area (Å²) in [6, 6.07) is -0.396. The lowest BCUT2D eigenvalue weighted by atomic mass is 9.79. The number of ether oxygens (including phenoxy) is 2. The van der Waals surface area contributed by atoms with E-state index in [1.165, 1.54) is 22.7 Å². The number of likely N-dealkylation sites (tertiary alicyclic amines) is 1. The first kappa shape index (κ1) is 28.4. The van der Waals surface area contributed by atoms with E-state index < -0.39 is 24.1 Å². The molecule has 2 aromatic heterocycles. The third-order valence-corrected chi connectivity index (χ3v) is 10.2. The van der Waals surface area contributed by atoms with Gasteiger partial charge in [-0.3, -0.25) is 4.79 Å². The number of aliphatic hydroxyl groups is 1. The van der Waals surface area contributed by atoms with Crippen molar-refractivity contribution in [1.29, 1.82) is 0 Å². The van der Waals surface area contributed by atoms with Crippen LogP contribution in [0.4, 0.5) is 4.79 Å². The summed E-state index contributed by atoms with van der Waals surface area (Å²) in [4.78, 5) is 45.5. The molecule has 2 fully saturated rings. The van der Waals surface area contributed by atoms with Crippen molar-refractivity contribution in [3.8, 4) is 0 Å². The van der Waals surface area contributed by atoms with Crippen LogP contribution in [0.1, 0.15) is 25.1 Å². The van der Waals surface area contributed by atoms with Crippen LogP contribution in [0.15, 0.2) is 54.6 Å². The Kier molecular flexibility index (Phi) is 8.12. The van der Waals surface area contributed by atoms with Gasteiger partial charge >= 0.3 is 12.1 Å². The highest BCUT2D eigenvalue weighted by Crippen LogP contribution is 2.52. The first-order valence-corrected chi connectivity index (χ1v) is 15.0. The number of thiazole rings is 1. The summed E-state index contributed by atoms with van der Waals surface area (Å²) in [5, 5.41) is 10.2. The number of carbonyl (C=O) groups is 3. The topological polar surface area (TPSA) is 105 Å². The largest absolute Gasteiger partial charge is 0.457 e. The standard InChI is InChI=1S/C28H35N4O6S2/c1-6-8-37-27(35)24-25(16(3)23-22(17(4)33)26(34)32(23)24)40-20-11-18(31(13-20)28(36)38-9-7-2)10-19-12-30-15-29(5)14-21(30)39-19/h6-7,12,14-18,20,22-23,33H,1-2,8-11,13H2,3-5H3/q+1/t16-,17-,18-,20+,22-,23-/m1/s1. The van der Waals surface area contributed by atoms with E-state index in [0.717, 1.165) is 14.6 Å². The van der Waals surface area contributed by atoms with E-state index in [9.17, 15) is 19.5 Å². The summed E-state index contributed by atoms with van der Waals surface area (Å²) >= 11 is 3.22. The molecule has 0 aromatic carbocycles. The summed E-state index contributed by atoms with van der Waals surface area (Å²) in [6.07, 6.45) is 9.34. The molecule has 214 valence electrons. The second kappa shape index (κ2) is 11.4. The number of amides is 2. The molecule has 12 heteroatoms. The maximum atomic E-state index is 13.1. The van der Waals surface area contributed by atoms with E-state index in [1.54, 1.807) is 29.2 Å². The normalized spacial score (nSPS) is 26.6. The molecule has 0 unspecified atom stereocenters. The van der Waals surface area contributed by atoms with E-state index in [0.29, 0.717) is 19.4 Å². The van der Waals surface area contributed by atoms with Gasteiger partial charge in [-0.1, -0.05) is 43.6 Å². The lowest BCUT2D eigenvalue weighted by molar-refractivity contribution is -0.669. The molecular formula is C28H35N4O6S2+. The van der Waals surface area contributed by atoms with Gasteiger partial charge in [0.15, 0.2) is 0 Å². The Hall–Kier alpha value is -3.09. The maximum Gasteiger partial charge on any atom is 0.410 e. The number of rotatable bonds is 10. The molecule has 40 heavy (non-hydrogen) atoms. The van der Waals surface area contributed by atoms with Gasteiger partial charge in [0.1, 0.15) is 31.3 Å². The van der Waals surface area contributed by atoms with Gasteiger partial charge in [0.05, 0.1) is 30.0 Å². The molecule has 0 saturated carbocycles. The number of nitrogens with zero attached hydrogens (tertiary/aromatic N) is 4. The average Bonchev–Trinajstić information content (AvgIpc) is 3.62. The summed E-state index contributed by atoms with van der Waals surface area (Å²) < 4.78 is 14.9. The van der Waals surface area contributed by atoms with Crippen molar-refractivity contribution in [3.05, 3.63) is 59.5 Å². The number of imidazole rings is 1. The predicted octanol–water partition coefficient (Wildman–Crippen LogP) is 2.66. The Balaban J connectivity index is 1.40. The zero-order valence-corrected chi connectivity index (χ0v) is 24.5. The Morgan fingerprint density at radius 1 is 1.30 bits per heavy atom. The summed E-state index contributed by atoms with van der Waals surface area (Å²) in [7, 11) is 1.98. The minimum Gasteiger partial charge on any atom is -0.457 e. The van der Waals surface area contributed by atoms with Crippen LogP contribution in [0.25, 0.3) is 4.83 Å². The third kappa shape index (κ3) is 5.08. The summed E-state index contributed by atoms with van der Waals surface area (Å²) in [6.45, 7) is 11.4. The third-order valence-electron chi connectivity index (χ3n) is 7.69. The Morgan fingerprint density at radius 3 is 2.70 bits per heavy atom. The van der Waals surface area contributed by atoms with Crippen LogP contribution in [0.3, 0.4) is 0 Å². The molecule has 1 N–H and O–H groups in total. The van der Waals surface area contributed by atoms with Crippen LogP contribution in [-0.2, 0) is 32.5 Å². The molecule has 0 aliphatic carbocycles. The molecule has 2 amide bonds. The van der Waals surface area contributed by atoms with Gasteiger partial charge in [0.25, 0.3) is 0 Å². The molecule has 0 spiro atoms. The number of esters is 1. The number of aromatic nitrogens is 2. The molecule has 3 aliphatic rings. The summed E-state index contributed by atoms with van der Waals surface area (Å²) in [5.41, 5.74) is 0.247. The lowest BCUT2D eigenvalue weighted by Gasteiger charge is -2.46. The molecule has 2 saturated heterocycles. The Morgan fingerprint density at radius 2 is 2.02 bits per heavy atom. The van der Waals surface area contributed by atoms with Gasteiger partial charge < -0.3 is 24.4 Å². The van der Waals surface area contributed by atoms with Gasteiger partial charge in [-0.2, -0.15) is 4.40 Å². The summed E-state index contributed by atoms with van der Waals surface area (Å²) in [5.74, 6) is -1.57. The van der Waals surface area contributed by atoms with Crippen LogP contribution < -0.4 is 4.57 Å². The van der Waals surface area contributed by atoms with E-state index in [2.05, 4.69) is 30.0 Å². The van der Waals surface area contributed by atoms with E-state index in [-0.39, 0.29) is 48.1 Å². The fourth-order valence-corrected chi connectivity index (χ4v) is 8.68. The molecule has 6 atom stereocenters. The molecule has 0 radical (unpaired) electrons. The van der Waals surface area contributed by atoms with E-state index in [1.807, 2.05) is 24.9 Å². The molecule has 10 nitrogen and oxygen atoms in total. The second-order valence-electron chi connectivity index (χ2n) is 10.6. The zero-order valence-electron chi connectivity index (χ0n) is 22.9.